The predicted molar refractivity (Wildman–Crippen MR) is 76.5 cm³/mol. The molecule has 0 saturated heterocycles. The van der Waals surface area contributed by atoms with Crippen LogP contribution in [0.2, 0.25) is 0 Å². The highest BCUT2D eigenvalue weighted by Gasteiger charge is 2.21. The highest BCUT2D eigenvalue weighted by atomic mass is 16.1. The second-order valence-corrected chi connectivity index (χ2v) is 5.68. The molecule has 1 fully saturated rings. The van der Waals surface area contributed by atoms with Crippen molar-refractivity contribution in [1.82, 2.24) is 10.6 Å². The van der Waals surface area contributed by atoms with E-state index in [0.29, 0.717) is 12.3 Å². The van der Waals surface area contributed by atoms with E-state index in [1.807, 2.05) is 0 Å². The molecular formula is C15H30N2O. The number of hydrogen-bond acceptors (Lipinski definition) is 2. The van der Waals surface area contributed by atoms with Crippen molar-refractivity contribution in [2.75, 3.05) is 19.6 Å². The monoisotopic (exact) mass is 254 g/mol. The summed E-state index contributed by atoms with van der Waals surface area (Å²) in [5.74, 6) is 1.56. The number of nitrogens with one attached hydrogen (secondary N) is 2. The van der Waals surface area contributed by atoms with Crippen molar-refractivity contribution in [3.8, 4) is 0 Å². The van der Waals surface area contributed by atoms with Crippen molar-refractivity contribution >= 4 is 5.91 Å². The fourth-order valence-corrected chi connectivity index (χ4v) is 2.83. The van der Waals surface area contributed by atoms with Crippen LogP contribution in [-0.4, -0.2) is 25.5 Å². The molecule has 0 aliphatic heterocycles. The van der Waals surface area contributed by atoms with E-state index in [9.17, 15) is 4.79 Å². The smallest absolute Gasteiger partial charge is 0.220 e. The van der Waals surface area contributed by atoms with Gasteiger partial charge in [0.25, 0.3) is 0 Å². The summed E-state index contributed by atoms with van der Waals surface area (Å²) >= 11 is 0. The van der Waals surface area contributed by atoms with Crippen LogP contribution in [-0.2, 0) is 4.79 Å². The molecular weight excluding hydrogens is 224 g/mol. The first kappa shape index (κ1) is 15.5. The minimum atomic E-state index is 0.228. The summed E-state index contributed by atoms with van der Waals surface area (Å²) in [5.41, 5.74) is 0. The molecule has 1 aliphatic rings. The van der Waals surface area contributed by atoms with Gasteiger partial charge < -0.3 is 10.6 Å². The molecule has 1 amide bonds. The van der Waals surface area contributed by atoms with E-state index < -0.39 is 0 Å². The van der Waals surface area contributed by atoms with Gasteiger partial charge in [0.2, 0.25) is 5.91 Å². The Morgan fingerprint density at radius 1 is 1.17 bits per heavy atom. The molecule has 0 spiro atoms. The van der Waals surface area contributed by atoms with Gasteiger partial charge in [-0.1, -0.05) is 46.0 Å². The van der Waals surface area contributed by atoms with Crippen LogP contribution in [0.3, 0.4) is 0 Å². The van der Waals surface area contributed by atoms with E-state index >= 15 is 0 Å². The number of amides is 1. The van der Waals surface area contributed by atoms with Crippen molar-refractivity contribution in [3.63, 3.8) is 0 Å². The minimum Gasteiger partial charge on any atom is -0.355 e. The SMILES string of the molecule is CCCNCCNC(=O)CC(C)C1CCCCC1. The summed E-state index contributed by atoms with van der Waals surface area (Å²) < 4.78 is 0. The van der Waals surface area contributed by atoms with Gasteiger partial charge in [0.15, 0.2) is 0 Å². The van der Waals surface area contributed by atoms with Crippen molar-refractivity contribution in [2.24, 2.45) is 11.8 Å². The van der Waals surface area contributed by atoms with Gasteiger partial charge in [-0.2, -0.15) is 0 Å². The van der Waals surface area contributed by atoms with E-state index in [1.165, 1.54) is 32.1 Å². The first-order valence-corrected chi connectivity index (χ1v) is 7.71. The molecule has 106 valence electrons. The normalized spacial score (nSPS) is 18.6. The lowest BCUT2D eigenvalue weighted by atomic mass is 9.79. The molecule has 3 nitrogen and oxygen atoms in total. The van der Waals surface area contributed by atoms with Crippen LogP contribution in [0.4, 0.5) is 0 Å². The molecule has 3 heteroatoms. The van der Waals surface area contributed by atoms with E-state index in [4.69, 9.17) is 0 Å². The Morgan fingerprint density at radius 2 is 1.89 bits per heavy atom. The Labute approximate surface area is 112 Å². The second-order valence-electron chi connectivity index (χ2n) is 5.68. The van der Waals surface area contributed by atoms with Crippen LogP contribution in [0, 0.1) is 11.8 Å². The molecule has 1 atom stereocenters. The maximum atomic E-state index is 11.8. The summed E-state index contributed by atoms with van der Waals surface area (Å²) in [6.07, 6.45) is 8.61. The topological polar surface area (TPSA) is 41.1 Å². The van der Waals surface area contributed by atoms with Crippen LogP contribution in [0.25, 0.3) is 0 Å². The first-order chi connectivity index (χ1) is 8.74. The summed E-state index contributed by atoms with van der Waals surface area (Å²) in [5, 5.41) is 6.30. The predicted octanol–water partition coefficient (Wildman–Crippen LogP) is 2.71. The Balaban J connectivity index is 2.07. The van der Waals surface area contributed by atoms with Crippen molar-refractivity contribution < 1.29 is 4.79 Å². The summed E-state index contributed by atoms with van der Waals surface area (Å²) in [6, 6.07) is 0. The molecule has 1 rings (SSSR count). The maximum Gasteiger partial charge on any atom is 0.220 e. The molecule has 18 heavy (non-hydrogen) atoms. The molecule has 1 saturated carbocycles. The lowest BCUT2D eigenvalue weighted by Gasteiger charge is -2.27. The largest absolute Gasteiger partial charge is 0.355 e. The van der Waals surface area contributed by atoms with Gasteiger partial charge >= 0.3 is 0 Å². The molecule has 0 aromatic carbocycles. The highest BCUT2D eigenvalue weighted by molar-refractivity contribution is 5.76. The number of hydrogen-bond donors (Lipinski definition) is 2. The average Bonchev–Trinajstić information content (AvgIpc) is 2.39. The van der Waals surface area contributed by atoms with Gasteiger partial charge in [-0.15, -0.1) is 0 Å². The number of carbonyl (C=O) groups excluding carboxylic acids is 1. The molecule has 0 heterocycles. The average molecular weight is 254 g/mol. The van der Waals surface area contributed by atoms with E-state index in [2.05, 4.69) is 24.5 Å². The standard InChI is InChI=1S/C15H30N2O/c1-3-9-16-10-11-17-15(18)12-13(2)14-7-5-4-6-8-14/h13-14,16H,3-12H2,1-2H3,(H,17,18). The maximum absolute atomic E-state index is 11.8. The molecule has 0 bridgehead atoms. The van der Waals surface area contributed by atoms with Gasteiger partial charge in [0.05, 0.1) is 0 Å². The Kier molecular flexibility index (Phi) is 8.06. The van der Waals surface area contributed by atoms with Crippen LogP contribution >= 0.6 is 0 Å². The number of rotatable bonds is 8. The third-order valence-electron chi connectivity index (χ3n) is 4.01. The zero-order valence-corrected chi connectivity index (χ0v) is 12.1. The molecule has 0 aromatic heterocycles. The fourth-order valence-electron chi connectivity index (χ4n) is 2.83. The Bertz CT molecular complexity index is 225. The molecule has 0 radical (unpaired) electrons. The Hall–Kier alpha value is -0.570. The molecule has 0 aromatic rings. The lowest BCUT2D eigenvalue weighted by molar-refractivity contribution is -0.122. The summed E-state index contributed by atoms with van der Waals surface area (Å²) in [6.45, 7) is 7.07. The quantitative estimate of drug-likeness (QED) is 0.654. The van der Waals surface area contributed by atoms with E-state index in [1.54, 1.807) is 0 Å². The van der Waals surface area contributed by atoms with Gasteiger partial charge in [0, 0.05) is 19.5 Å². The van der Waals surface area contributed by atoms with Crippen LogP contribution in [0.5, 0.6) is 0 Å². The van der Waals surface area contributed by atoms with Crippen molar-refractivity contribution in [2.45, 2.75) is 58.8 Å². The third kappa shape index (κ3) is 6.39. The molecule has 2 N–H and O–H groups in total. The zero-order chi connectivity index (χ0) is 13.2. The van der Waals surface area contributed by atoms with Crippen LogP contribution in [0.1, 0.15) is 58.8 Å². The minimum absolute atomic E-state index is 0.228. The van der Waals surface area contributed by atoms with Gasteiger partial charge in [0.1, 0.15) is 0 Å². The van der Waals surface area contributed by atoms with Crippen molar-refractivity contribution in [3.05, 3.63) is 0 Å². The molecule has 1 unspecified atom stereocenters. The summed E-state index contributed by atoms with van der Waals surface area (Å²) in [7, 11) is 0. The summed E-state index contributed by atoms with van der Waals surface area (Å²) in [4.78, 5) is 11.8. The van der Waals surface area contributed by atoms with E-state index in [0.717, 1.165) is 32.0 Å². The van der Waals surface area contributed by atoms with Crippen LogP contribution in [0.15, 0.2) is 0 Å². The van der Waals surface area contributed by atoms with Crippen LogP contribution < -0.4 is 10.6 Å². The van der Waals surface area contributed by atoms with Gasteiger partial charge in [-0.25, -0.2) is 0 Å². The third-order valence-corrected chi connectivity index (χ3v) is 4.01. The molecule has 1 aliphatic carbocycles. The van der Waals surface area contributed by atoms with Gasteiger partial charge in [-0.3, -0.25) is 4.79 Å². The first-order valence-electron chi connectivity index (χ1n) is 7.71. The number of carbonyl (C=O) groups is 1. The zero-order valence-electron chi connectivity index (χ0n) is 12.1. The second kappa shape index (κ2) is 9.37. The fraction of sp³-hybridized carbons (Fsp3) is 0.933. The van der Waals surface area contributed by atoms with Gasteiger partial charge in [-0.05, 0) is 24.8 Å². The highest BCUT2D eigenvalue weighted by Crippen LogP contribution is 2.31. The van der Waals surface area contributed by atoms with E-state index in [-0.39, 0.29) is 5.91 Å². The van der Waals surface area contributed by atoms with Crippen molar-refractivity contribution in [1.29, 1.82) is 0 Å². The Morgan fingerprint density at radius 3 is 2.56 bits per heavy atom. The lowest BCUT2D eigenvalue weighted by Crippen LogP contribution is -2.33.